The van der Waals surface area contributed by atoms with E-state index in [1.807, 2.05) is 6.92 Å². The molecule has 0 spiro atoms. The standard InChI is InChI=1S/C4H10O.C2H7N.ClH/c1-2-3-4-5;1-2-3;/h5H,2-4H2,1H3;2-3H2,1H3;1H. The van der Waals surface area contributed by atoms with Gasteiger partial charge in [-0.2, -0.15) is 0 Å². The van der Waals surface area contributed by atoms with E-state index < -0.39 is 0 Å². The normalized spacial score (nSPS) is 6.67. The third-order valence-electron chi connectivity index (χ3n) is 0.512. The SMILES string of the molecule is CCCCO.CCN.Cl. The summed E-state index contributed by atoms with van der Waals surface area (Å²) in [5.41, 5.74) is 4.85. The number of unbranched alkanes of at least 4 members (excludes halogenated alkanes) is 1. The van der Waals surface area contributed by atoms with Gasteiger partial charge < -0.3 is 10.8 Å². The molecular weight excluding hydrogens is 138 g/mol. The highest BCUT2D eigenvalue weighted by molar-refractivity contribution is 5.85. The van der Waals surface area contributed by atoms with Gasteiger partial charge in [0.25, 0.3) is 0 Å². The first-order valence-corrected chi connectivity index (χ1v) is 3.14. The van der Waals surface area contributed by atoms with Crippen molar-refractivity contribution in [2.45, 2.75) is 26.7 Å². The van der Waals surface area contributed by atoms with Crippen molar-refractivity contribution in [3.8, 4) is 0 Å². The highest BCUT2D eigenvalue weighted by atomic mass is 35.5. The van der Waals surface area contributed by atoms with Crippen LogP contribution in [0.15, 0.2) is 0 Å². The summed E-state index contributed by atoms with van der Waals surface area (Å²) in [7, 11) is 0. The Morgan fingerprint density at radius 3 is 1.67 bits per heavy atom. The van der Waals surface area contributed by atoms with Crippen LogP contribution in [0.2, 0.25) is 0 Å². The van der Waals surface area contributed by atoms with Crippen molar-refractivity contribution in [3.05, 3.63) is 0 Å². The largest absolute Gasteiger partial charge is 0.396 e. The summed E-state index contributed by atoms with van der Waals surface area (Å²) in [5, 5.41) is 8.07. The maximum absolute atomic E-state index is 8.07. The number of rotatable bonds is 2. The van der Waals surface area contributed by atoms with E-state index in [0.29, 0.717) is 6.61 Å². The molecule has 0 rings (SSSR count). The topological polar surface area (TPSA) is 46.2 Å². The zero-order chi connectivity index (χ0) is 6.83. The second-order valence-corrected chi connectivity index (χ2v) is 1.49. The first-order valence-electron chi connectivity index (χ1n) is 3.14. The molecule has 0 aliphatic carbocycles. The van der Waals surface area contributed by atoms with E-state index in [2.05, 4.69) is 6.92 Å². The minimum atomic E-state index is 0. The number of halogens is 1. The predicted octanol–water partition coefficient (Wildman–Crippen LogP) is 1.17. The molecule has 0 radical (unpaired) electrons. The van der Waals surface area contributed by atoms with Gasteiger partial charge in [-0.15, -0.1) is 12.4 Å². The number of hydrogen-bond acceptors (Lipinski definition) is 2. The van der Waals surface area contributed by atoms with Gasteiger partial charge in [0, 0.05) is 6.61 Å². The Bertz CT molecular complexity index is 27.0. The van der Waals surface area contributed by atoms with Crippen LogP contribution in [0, 0.1) is 0 Å². The van der Waals surface area contributed by atoms with Crippen LogP contribution in [0.25, 0.3) is 0 Å². The summed E-state index contributed by atoms with van der Waals surface area (Å²) >= 11 is 0. The van der Waals surface area contributed by atoms with Crippen molar-refractivity contribution in [2.24, 2.45) is 5.73 Å². The Morgan fingerprint density at radius 2 is 1.67 bits per heavy atom. The molecule has 3 N–H and O–H groups in total. The summed E-state index contributed by atoms with van der Waals surface area (Å²) in [4.78, 5) is 0. The second kappa shape index (κ2) is 24.1. The van der Waals surface area contributed by atoms with E-state index in [4.69, 9.17) is 10.8 Å². The van der Waals surface area contributed by atoms with Crippen LogP contribution >= 0.6 is 12.4 Å². The van der Waals surface area contributed by atoms with Crippen LogP contribution in [0.4, 0.5) is 0 Å². The van der Waals surface area contributed by atoms with E-state index in [9.17, 15) is 0 Å². The molecule has 0 heterocycles. The number of aliphatic hydroxyl groups excluding tert-OH is 1. The summed E-state index contributed by atoms with van der Waals surface area (Å²) in [6, 6.07) is 0. The van der Waals surface area contributed by atoms with Crippen molar-refractivity contribution >= 4 is 12.4 Å². The van der Waals surface area contributed by atoms with Crippen LogP contribution in [-0.2, 0) is 0 Å². The van der Waals surface area contributed by atoms with Gasteiger partial charge in [-0.25, -0.2) is 0 Å². The van der Waals surface area contributed by atoms with Crippen LogP contribution in [0.5, 0.6) is 0 Å². The van der Waals surface area contributed by atoms with Crippen molar-refractivity contribution < 1.29 is 5.11 Å². The highest BCUT2D eigenvalue weighted by Crippen LogP contribution is 1.78. The molecule has 0 aromatic heterocycles. The fraction of sp³-hybridized carbons (Fsp3) is 1.00. The predicted molar refractivity (Wildman–Crippen MR) is 44.0 cm³/mol. The monoisotopic (exact) mass is 155 g/mol. The van der Waals surface area contributed by atoms with Crippen molar-refractivity contribution in [1.29, 1.82) is 0 Å². The molecule has 0 fully saturated rings. The molecular formula is C6H18ClNO. The lowest BCUT2D eigenvalue weighted by atomic mass is 10.4. The van der Waals surface area contributed by atoms with E-state index in [-0.39, 0.29) is 12.4 Å². The quantitative estimate of drug-likeness (QED) is 0.629. The average Bonchev–Trinajstić information content (AvgIpc) is 1.71. The maximum atomic E-state index is 8.07. The molecule has 3 heteroatoms. The van der Waals surface area contributed by atoms with Gasteiger partial charge in [-0.1, -0.05) is 20.3 Å². The summed E-state index contributed by atoms with van der Waals surface area (Å²) in [6.07, 6.45) is 2.04. The molecule has 0 atom stereocenters. The fourth-order valence-electron chi connectivity index (χ4n) is 0.158. The Hall–Kier alpha value is 0.210. The molecule has 0 bridgehead atoms. The lowest BCUT2D eigenvalue weighted by Crippen LogP contribution is -1.87. The summed E-state index contributed by atoms with van der Waals surface area (Å²) < 4.78 is 0. The minimum Gasteiger partial charge on any atom is -0.396 e. The van der Waals surface area contributed by atoms with Gasteiger partial charge in [0.05, 0.1) is 0 Å². The lowest BCUT2D eigenvalue weighted by Gasteiger charge is -1.79. The zero-order valence-electron chi connectivity index (χ0n) is 6.26. The van der Waals surface area contributed by atoms with Gasteiger partial charge in [0.15, 0.2) is 0 Å². The molecule has 0 aliphatic heterocycles. The van der Waals surface area contributed by atoms with Gasteiger partial charge >= 0.3 is 0 Å². The average molecular weight is 156 g/mol. The minimum absolute atomic E-state index is 0. The van der Waals surface area contributed by atoms with Crippen LogP contribution in [0.3, 0.4) is 0 Å². The molecule has 0 saturated carbocycles. The van der Waals surface area contributed by atoms with E-state index in [1.165, 1.54) is 0 Å². The molecule has 0 unspecified atom stereocenters. The molecule has 60 valence electrons. The smallest absolute Gasteiger partial charge is 0.0430 e. The number of nitrogens with two attached hydrogens (primary N) is 1. The third kappa shape index (κ3) is 64.8. The second-order valence-electron chi connectivity index (χ2n) is 1.49. The molecule has 0 aliphatic rings. The zero-order valence-corrected chi connectivity index (χ0v) is 7.08. The summed E-state index contributed by atoms with van der Waals surface area (Å²) in [6.45, 7) is 5.05. The van der Waals surface area contributed by atoms with Crippen LogP contribution < -0.4 is 5.73 Å². The number of aliphatic hydroxyl groups is 1. The molecule has 2 nitrogen and oxygen atoms in total. The molecule has 0 aromatic carbocycles. The van der Waals surface area contributed by atoms with Crippen molar-refractivity contribution in [3.63, 3.8) is 0 Å². The fourth-order valence-corrected chi connectivity index (χ4v) is 0.158. The van der Waals surface area contributed by atoms with Crippen molar-refractivity contribution in [2.75, 3.05) is 13.2 Å². The molecule has 0 saturated heterocycles. The molecule has 9 heavy (non-hydrogen) atoms. The van der Waals surface area contributed by atoms with E-state index >= 15 is 0 Å². The first kappa shape index (κ1) is 16.1. The van der Waals surface area contributed by atoms with Gasteiger partial charge in [-0.3, -0.25) is 0 Å². The Balaban J connectivity index is -0.0000000800. The molecule has 0 amide bonds. The van der Waals surface area contributed by atoms with Gasteiger partial charge in [0.1, 0.15) is 0 Å². The van der Waals surface area contributed by atoms with Gasteiger partial charge in [0.2, 0.25) is 0 Å². The highest BCUT2D eigenvalue weighted by Gasteiger charge is 1.69. The Labute approximate surface area is 63.9 Å². The van der Waals surface area contributed by atoms with E-state index in [1.54, 1.807) is 0 Å². The first-order chi connectivity index (χ1) is 3.83. The van der Waals surface area contributed by atoms with Crippen molar-refractivity contribution in [1.82, 2.24) is 0 Å². The summed E-state index contributed by atoms with van der Waals surface area (Å²) in [5.74, 6) is 0. The lowest BCUT2D eigenvalue weighted by molar-refractivity contribution is 0.287. The van der Waals surface area contributed by atoms with Gasteiger partial charge in [-0.05, 0) is 13.0 Å². The van der Waals surface area contributed by atoms with E-state index in [0.717, 1.165) is 19.4 Å². The Kier molecular flexibility index (Phi) is 43.1. The maximum Gasteiger partial charge on any atom is 0.0430 e. The molecule has 0 aromatic rings. The number of hydrogen-bond donors (Lipinski definition) is 2. The third-order valence-corrected chi connectivity index (χ3v) is 0.512. The Morgan fingerprint density at radius 1 is 1.33 bits per heavy atom. The van der Waals surface area contributed by atoms with Crippen LogP contribution in [0.1, 0.15) is 26.7 Å². The van der Waals surface area contributed by atoms with Crippen LogP contribution in [-0.4, -0.2) is 18.3 Å².